The molecule has 0 fully saturated rings. The highest BCUT2D eigenvalue weighted by molar-refractivity contribution is 6.34. The molecule has 0 aliphatic heterocycles. The fourth-order valence-corrected chi connectivity index (χ4v) is 1.02. The number of nitrogens with two attached hydrogens (primary N) is 1. The van der Waals surface area contributed by atoms with Crippen LogP contribution >= 0.6 is 0 Å². The summed E-state index contributed by atoms with van der Waals surface area (Å²) in [5, 5.41) is 2.43. The van der Waals surface area contributed by atoms with Crippen LogP contribution in [0.15, 0.2) is 18.5 Å². The van der Waals surface area contributed by atoms with Gasteiger partial charge in [-0.1, -0.05) is 0 Å². The Labute approximate surface area is 86.8 Å². The van der Waals surface area contributed by atoms with Crippen LogP contribution in [-0.2, 0) is 16.1 Å². The van der Waals surface area contributed by atoms with Gasteiger partial charge in [0, 0.05) is 18.9 Å². The van der Waals surface area contributed by atoms with Crippen LogP contribution in [-0.4, -0.2) is 16.8 Å². The number of carbonyl (C=O) groups excluding carboxylic acids is 2. The lowest BCUT2D eigenvalue weighted by atomic mass is 10.1. The van der Waals surface area contributed by atoms with Gasteiger partial charge in [-0.25, -0.2) is 5.84 Å². The molecule has 0 radical (unpaired) electrons. The van der Waals surface area contributed by atoms with Crippen LogP contribution in [0, 0.1) is 6.92 Å². The summed E-state index contributed by atoms with van der Waals surface area (Å²) in [5.41, 5.74) is 3.61. The molecule has 6 heteroatoms. The third kappa shape index (κ3) is 3.03. The van der Waals surface area contributed by atoms with Crippen molar-refractivity contribution >= 4 is 11.8 Å². The van der Waals surface area contributed by atoms with E-state index in [0.29, 0.717) is 0 Å². The Bertz CT molecular complexity index is 378. The molecule has 0 aromatic carbocycles. The lowest BCUT2D eigenvalue weighted by Crippen LogP contribution is -2.42. The first-order valence-electron chi connectivity index (χ1n) is 4.33. The van der Waals surface area contributed by atoms with Gasteiger partial charge >= 0.3 is 11.8 Å². The fraction of sp³-hybridized carbons (Fsp3) is 0.222. The van der Waals surface area contributed by atoms with Crippen molar-refractivity contribution in [3.05, 3.63) is 29.6 Å². The highest BCUT2D eigenvalue weighted by Crippen LogP contribution is 2.03. The number of nitrogens with one attached hydrogen (secondary N) is 2. The maximum atomic E-state index is 11.0. The molecule has 6 nitrogen and oxygen atoms in total. The van der Waals surface area contributed by atoms with Gasteiger partial charge < -0.3 is 5.32 Å². The number of hydrogen-bond donors (Lipinski definition) is 3. The van der Waals surface area contributed by atoms with Gasteiger partial charge in [-0.3, -0.25) is 20.0 Å². The Morgan fingerprint density at radius 1 is 1.47 bits per heavy atom. The first-order chi connectivity index (χ1) is 7.15. The molecule has 15 heavy (non-hydrogen) atoms. The normalized spacial score (nSPS) is 9.47. The zero-order valence-corrected chi connectivity index (χ0v) is 8.28. The predicted molar refractivity (Wildman–Crippen MR) is 53.2 cm³/mol. The highest BCUT2D eigenvalue weighted by atomic mass is 16.2. The second-order valence-electron chi connectivity index (χ2n) is 2.96. The van der Waals surface area contributed by atoms with Crippen molar-refractivity contribution in [1.82, 2.24) is 15.7 Å². The average molecular weight is 208 g/mol. The largest absolute Gasteiger partial charge is 0.344 e. The Morgan fingerprint density at radius 2 is 2.20 bits per heavy atom. The van der Waals surface area contributed by atoms with E-state index in [-0.39, 0.29) is 6.54 Å². The van der Waals surface area contributed by atoms with E-state index in [2.05, 4.69) is 10.3 Å². The lowest BCUT2D eigenvalue weighted by molar-refractivity contribution is -0.139. The molecule has 4 N–H and O–H groups in total. The summed E-state index contributed by atoms with van der Waals surface area (Å²) in [6.45, 7) is 2.15. The summed E-state index contributed by atoms with van der Waals surface area (Å²) in [7, 11) is 0. The maximum absolute atomic E-state index is 11.0. The average Bonchev–Trinajstić information content (AvgIpc) is 2.26. The summed E-state index contributed by atoms with van der Waals surface area (Å²) >= 11 is 0. The standard InChI is InChI=1S/C9H12N4O2/c1-6-4-11-3-2-7(6)5-12-8(14)9(15)13-10/h2-4H,5,10H2,1H3,(H,12,14)(H,13,15). The topological polar surface area (TPSA) is 97.1 Å². The third-order valence-electron chi connectivity index (χ3n) is 1.91. The summed E-state index contributed by atoms with van der Waals surface area (Å²) in [6.07, 6.45) is 3.31. The molecule has 0 atom stereocenters. The summed E-state index contributed by atoms with van der Waals surface area (Å²) in [5.74, 6) is 3.19. The number of pyridine rings is 1. The van der Waals surface area contributed by atoms with Crippen molar-refractivity contribution in [1.29, 1.82) is 0 Å². The van der Waals surface area contributed by atoms with E-state index < -0.39 is 11.8 Å². The summed E-state index contributed by atoms with van der Waals surface area (Å²) in [6, 6.07) is 1.77. The molecule has 1 heterocycles. The SMILES string of the molecule is Cc1cnccc1CNC(=O)C(=O)NN. The van der Waals surface area contributed by atoms with Crippen LogP contribution in [0.4, 0.5) is 0 Å². The van der Waals surface area contributed by atoms with Gasteiger partial charge in [-0.05, 0) is 24.1 Å². The molecular formula is C9H12N4O2. The number of carbonyl (C=O) groups is 2. The molecule has 0 saturated carbocycles. The molecule has 0 saturated heterocycles. The van der Waals surface area contributed by atoms with Crippen LogP contribution in [0.5, 0.6) is 0 Å². The number of amides is 2. The Balaban J connectivity index is 2.54. The van der Waals surface area contributed by atoms with Gasteiger partial charge in [0.1, 0.15) is 0 Å². The van der Waals surface area contributed by atoms with Crippen molar-refractivity contribution in [3.8, 4) is 0 Å². The van der Waals surface area contributed by atoms with E-state index in [0.717, 1.165) is 11.1 Å². The molecule has 0 unspecified atom stereocenters. The molecule has 1 aromatic rings. The van der Waals surface area contributed by atoms with Crippen molar-refractivity contribution in [2.24, 2.45) is 5.84 Å². The van der Waals surface area contributed by atoms with Gasteiger partial charge in [0.2, 0.25) is 0 Å². The fourth-order valence-electron chi connectivity index (χ4n) is 1.02. The van der Waals surface area contributed by atoms with Crippen molar-refractivity contribution in [2.45, 2.75) is 13.5 Å². The van der Waals surface area contributed by atoms with E-state index in [1.54, 1.807) is 23.9 Å². The number of aromatic nitrogens is 1. The van der Waals surface area contributed by atoms with E-state index in [1.165, 1.54) is 0 Å². The number of nitrogens with zero attached hydrogens (tertiary/aromatic N) is 1. The predicted octanol–water partition coefficient (Wildman–Crippen LogP) is -1.00. The first kappa shape index (κ1) is 11.1. The van der Waals surface area contributed by atoms with E-state index in [4.69, 9.17) is 5.84 Å². The van der Waals surface area contributed by atoms with E-state index in [9.17, 15) is 9.59 Å². The molecule has 2 amide bonds. The minimum Gasteiger partial charge on any atom is -0.344 e. The summed E-state index contributed by atoms with van der Waals surface area (Å²) in [4.78, 5) is 25.7. The van der Waals surface area contributed by atoms with E-state index >= 15 is 0 Å². The smallest absolute Gasteiger partial charge is 0.323 e. The van der Waals surface area contributed by atoms with Crippen LogP contribution in [0.25, 0.3) is 0 Å². The number of rotatable bonds is 2. The van der Waals surface area contributed by atoms with Crippen LogP contribution < -0.4 is 16.6 Å². The monoisotopic (exact) mass is 208 g/mol. The van der Waals surface area contributed by atoms with Crippen molar-refractivity contribution < 1.29 is 9.59 Å². The van der Waals surface area contributed by atoms with Gasteiger partial charge in [-0.2, -0.15) is 0 Å². The first-order valence-corrected chi connectivity index (χ1v) is 4.33. The van der Waals surface area contributed by atoms with Crippen LogP contribution in [0.2, 0.25) is 0 Å². The molecule has 0 aliphatic carbocycles. The Morgan fingerprint density at radius 3 is 2.80 bits per heavy atom. The van der Waals surface area contributed by atoms with Crippen molar-refractivity contribution in [3.63, 3.8) is 0 Å². The molecule has 0 bridgehead atoms. The van der Waals surface area contributed by atoms with E-state index in [1.807, 2.05) is 6.92 Å². The lowest BCUT2D eigenvalue weighted by Gasteiger charge is -2.06. The van der Waals surface area contributed by atoms with Crippen molar-refractivity contribution in [2.75, 3.05) is 0 Å². The molecule has 0 spiro atoms. The quantitative estimate of drug-likeness (QED) is 0.251. The maximum Gasteiger partial charge on any atom is 0.323 e. The highest BCUT2D eigenvalue weighted by Gasteiger charge is 2.10. The molecule has 1 aromatic heterocycles. The molecule has 1 rings (SSSR count). The van der Waals surface area contributed by atoms with Gasteiger partial charge in [-0.15, -0.1) is 0 Å². The third-order valence-corrected chi connectivity index (χ3v) is 1.91. The minimum atomic E-state index is -0.860. The van der Waals surface area contributed by atoms with Gasteiger partial charge in [0.05, 0.1) is 0 Å². The Hall–Kier alpha value is -1.95. The summed E-state index contributed by atoms with van der Waals surface area (Å²) < 4.78 is 0. The molecule has 80 valence electrons. The van der Waals surface area contributed by atoms with Crippen LogP contribution in [0.3, 0.4) is 0 Å². The minimum absolute atomic E-state index is 0.278. The number of aryl methyl sites for hydroxylation is 1. The Kier molecular flexibility index (Phi) is 3.75. The second-order valence-corrected chi connectivity index (χ2v) is 2.96. The van der Waals surface area contributed by atoms with Gasteiger partial charge in [0.25, 0.3) is 0 Å². The molecular weight excluding hydrogens is 196 g/mol. The number of hydrazine groups is 1. The zero-order valence-electron chi connectivity index (χ0n) is 8.28. The second kappa shape index (κ2) is 5.06. The number of hydrogen-bond acceptors (Lipinski definition) is 4. The molecule has 0 aliphatic rings. The zero-order chi connectivity index (χ0) is 11.3. The van der Waals surface area contributed by atoms with Crippen LogP contribution in [0.1, 0.15) is 11.1 Å². The van der Waals surface area contributed by atoms with Gasteiger partial charge in [0.15, 0.2) is 0 Å².